The van der Waals surface area contributed by atoms with E-state index in [2.05, 4.69) is 46.4 Å². The predicted molar refractivity (Wildman–Crippen MR) is 90.3 cm³/mol. The van der Waals surface area contributed by atoms with Crippen LogP contribution in [0.15, 0.2) is 46.9 Å². The van der Waals surface area contributed by atoms with Crippen molar-refractivity contribution < 1.29 is 9.47 Å². The van der Waals surface area contributed by atoms with Crippen molar-refractivity contribution in [3.8, 4) is 11.5 Å². The maximum atomic E-state index is 5.34. The fourth-order valence-electron chi connectivity index (χ4n) is 2.27. The maximum absolute atomic E-state index is 5.34. The molecule has 3 nitrogen and oxygen atoms in total. The fourth-order valence-corrected chi connectivity index (χ4v) is 2.69. The number of methoxy groups -OCH3 is 2. The van der Waals surface area contributed by atoms with Gasteiger partial charge in [-0.05, 0) is 36.2 Å². The summed E-state index contributed by atoms with van der Waals surface area (Å²) in [6, 6.07) is 14.5. The smallest absolute Gasteiger partial charge is 0.162 e. The second kappa shape index (κ2) is 7.36. The predicted octanol–water partition coefficient (Wildman–Crippen LogP) is 5.03. The lowest BCUT2D eigenvalue weighted by Crippen LogP contribution is -2.09. The van der Waals surface area contributed by atoms with Crippen molar-refractivity contribution in [1.29, 1.82) is 0 Å². The van der Waals surface area contributed by atoms with Crippen LogP contribution in [0.3, 0.4) is 0 Å². The number of rotatable bonds is 6. The fraction of sp³-hybridized carbons (Fsp3) is 0.294. The highest BCUT2D eigenvalue weighted by molar-refractivity contribution is 9.10. The molecule has 0 fully saturated rings. The topological polar surface area (TPSA) is 30.5 Å². The van der Waals surface area contributed by atoms with Crippen molar-refractivity contribution in [1.82, 2.24) is 0 Å². The summed E-state index contributed by atoms with van der Waals surface area (Å²) in [4.78, 5) is 0. The normalized spacial score (nSPS) is 11.8. The third-order valence-electron chi connectivity index (χ3n) is 3.38. The lowest BCUT2D eigenvalue weighted by molar-refractivity contribution is 0.355. The summed E-state index contributed by atoms with van der Waals surface area (Å²) < 4.78 is 11.7. The van der Waals surface area contributed by atoms with E-state index < -0.39 is 0 Å². The van der Waals surface area contributed by atoms with Gasteiger partial charge in [0, 0.05) is 16.2 Å². The second-order valence-corrected chi connectivity index (χ2v) is 5.65. The highest BCUT2D eigenvalue weighted by Gasteiger charge is 2.11. The first-order valence-electron chi connectivity index (χ1n) is 6.92. The van der Waals surface area contributed by atoms with E-state index in [1.807, 2.05) is 24.3 Å². The van der Waals surface area contributed by atoms with E-state index in [0.29, 0.717) is 0 Å². The minimum absolute atomic E-state index is 0.251. The van der Waals surface area contributed by atoms with Gasteiger partial charge in [-0.15, -0.1) is 0 Å². The summed E-state index contributed by atoms with van der Waals surface area (Å²) in [7, 11) is 3.29. The first-order valence-corrected chi connectivity index (χ1v) is 7.71. The summed E-state index contributed by atoms with van der Waals surface area (Å²) in [6.07, 6.45) is 0.991. The Hall–Kier alpha value is -1.68. The Labute approximate surface area is 134 Å². The van der Waals surface area contributed by atoms with Gasteiger partial charge in [-0.25, -0.2) is 0 Å². The van der Waals surface area contributed by atoms with Crippen LogP contribution in [0, 0.1) is 0 Å². The molecule has 0 aliphatic heterocycles. The van der Waals surface area contributed by atoms with Gasteiger partial charge in [0.05, 0.1) is 20.3 Å². The standard InChI is InChI=1S/C17H20BrNO2/c1-4-15(12-6-5-7-13(18)10-12)19-14-8-9-16(20-2)17(11-14)21-3/h5-11,15,19H,4H2,1-3H3. The van der Waals surface area contributed by atoms with Gasteiger partial charge in [-0.1, -0.05) is 35.0 Å². The molecule has 0 aromatic heterocycles. The van der Waals surface area contributed by atoms with Crippen molar-refractivity contribution in [2.75, 3.05) is 19.5 Å². The SMILES string of the molecule is CCC(Nc1ccc(OC)c(OC)c1)c1cccc(Br)c1. The van der Waals surface area contributed by atoms with Crippen LogP contribution in [0.5, 0.6) is 11.5 Å². The van der Waals surface area contributed by atoms with Crippen molar-refractivity contribution in [3.05, 3.63) is 52.5 Å². The molecule has 2 aromatic rings. The molecule has 4 heteroatoms. The number of benzene rings is 2. The number of anilines is 1. The van der Waals surface area contributed by atoms with E-state index in [-0.39, 0.29) is 6.04 Å². The summed E-state index contributed by atoms with van der Waals surface area (Å²) in [5, 5.41) is 3.54. The molecule has 0 amide bonds. The molecule has 1 unspecified atom stereocenters. The Kier molecular flexibility index (Phi) is 5.51. The average molecular weight is 350 g/mol. The quantitative estimate of drug-likeness (QED) is 0.793. The minimum Gasteiger partial charge on any atom is -0.493 e. The highest BCUT2D eigenvalue weighted by Crippen LogP contribution is 2.32. The van der Waals surface area contributed by atoms with Gasteiger partial charge in [-0.3, -0.25) is 0 Å². The summed E-state index contributed by atoms with van der Waals surface area (Å²) in [6.45, 7) is 2.17. The molecule has 0 bridgehead atoms. The van der Waals surface area contributed by atoms with E-state index in [1.54, 1.807) is 14.2 Å². The van der Waals surface area contributed by atoms with Crippen LogP contribution in [-0.2, 0) is 0 Å². The third kappa shape index (κ3) is 3.91. The minimum atomic E-state index is 0.251. The number of halogens is 1. The molecule has 1 N–H and O–H groups in total. The molecule has 1 atom stereocenters. The Morgan fingerprint density at radius 2 is 1.81 bits per heavy atom. The molecule has 0 aliphatic rings. The molecular weight excluding hydrogens is 330 g/mol. The first-order chi connectivity index (χ1) is 10.2. The molecule has 0 radical (unpaired) electrons. The molecule has 0 saturated heterocycles. The van der Waals surface area contributed by atoms with E-state index in [4.69, 9.17) is 9.47 Å². The monoisotopic (exact) mass is 349 g/mol. The van der Waals surface area contributed by atoms with Crippen molar-refractivity contribution in [2.45, 2.75) is 19.4 Å². The number of hydrogen-bond acceptors (Lipinski definition) is 3. The second-order valence-electron chi connectivity index (χ2n) is 4.73. The molecule has 0 heterocycles. The van der Waals surface area contributed by atoms with Crippen LogP contribution in [0.2, 0.25) is 0 Å². The van der Waals surface area contributed by atoms with E-state index in [9.17, 15) is 0 Å². The molecule has 2 aromatic carbocycles. The number of hydrogen-bond donors (Lipinski definition) is 1. The van der Waals surface area contributed by atoms with Crippen LogP contribution >= 0.6 is 15.9 Å². The van der Waals surface area contributed by atoms with E-state index in [1.165, 1.54) is 5.56 Å². The molecule has 112 valence electrons. The van der Waals surface area contributed by atoms with Crippen molar-refractivity contribution in [2.24, 2.45) is 0 Å². The molecule has 2 rings (SSSR count). The maximum Gasteiger partial charge on any atom is 0.162 e. The van der Waals surface area contributed by atoms with Gasteiger partial charge in [0.15, 0.2) is 11.5 Å². The summed E-state index contributed by atoms with van der Waals surface area (Å²) in [5.74, 6) is 1.46. The number of nitrogens with one attached hydrogen (secondary N) is 1. The molecule has 0 spiro atoms. The van der Waals surface area contributed by atoms with Gasteiger partial charge in [0.2, 0.25) is 0 Å². The van der Waals surface area contributed by atoms with Gasteiger partial charge >= 0.3 is 0 Å². The third-order valence-corrected chi connectivity index (χ3v) is 3.88. The zero-order chi connectivity index (χ0) is 15.2. The van der Waals surface area contributed by atoms with Crippen LogP contribution in [0.4, 0.5) is 5.69 Å². The highest BCUT2D eigenvalue weighted by atomic mass is 79.9. The average Bonchev–Trinajstić information content (AvgIpc) is 2.52. The zero-order valence-electron chi connectivity index (χ0n) is 12.5. The van der Waals surface area contributed by atoms with Crippen LogP contribution in [-0.4, -0.2) is 14.2 Å². The lowest BCUT2D eigenvalue weighted by atomic mass is 10.0. The van der Waals surface area contributed by atoms with E-state index >= 15 is 0 Å². The first kappa shape index (κ1) is 15.7. The Morgan fingerprint density at radius 3 is 2.43 bits per heavy atom. The zero-order valence-corrected chi connectivity index (χ0v) is 14.1. The van der Waals surface area contributed by atoms with Gasteiger partial charge in [-0.2, -0.15) is 0 Å². The lowest BCUT2D eigenvalue weighted by Gasteiger charge is -2.20. The van der Waals surface area contributed by atoms with Gasteiger partial charge in [0.1, 0.15) is 0 Å². The molecule has 21 heavy (non-hydrogen) atoms. The number of ether oxygens (including phenoxy) is 2. The molecular formula is C17H20BrNO2. The Balaban J connectivity index is 2.22. The Morgan fingerprint density at radius 1 is 1.05 bits per heavy atom. The largest absolute Gasteiger partial charge is 0.493 e. The van der Waals surface area contributed by atoms with Crippen LogP contribution < -0.4 is 14.8 Å². The van der Waals surface area contributed by atoms with Crippen molar-refractivity contribution in [3.63, 3.8) is 0 Å². The Bertz CT molecular complexity index is 601. The van der Waals surface area contributed by atoms with Crippen molar-refractivity contribution >= 4 is 21.6 Å². The van der Waals surface area contributed by atoms with Crippen LogP contribution in [0.25, 0.3) is 0 Å². The summed E-state index contributed by atoms with van der Waals surface area (Å²) >= 11 is 3.52. The van der Waals surface area contributed by atoms with Crippen LogP contribution in [0.1, 0.15) is 24.9 Å². The molecule has 0 saturated carbocycles. The van der Waals surface area contributed by atoms with Gasteiger partial charge in [0.25, 0.3) is 0 Å². The van der Waals surface area contributed by atoms with Gasteiger partial charge < -0.3 is 14.8 Å². The van der Waals surface area contributed by atoms with E-state index in [0.717, 1.165) is 28.1 Å². The summed E-state index contributed by atoms with van der Waals surface area (Å²) in [5.41, 5.74) is 2.26. The molecule has 0 aliphatic carbocycles.